The van der Waals surface area contributed by atoms with Crippen molar-refractivity contribution in [1.29, 1.82) is 0 Å². The number of hydrogen-bond donors (Lipinski definition) is 3. The summed E-state index contributed by atoms with van der Waals surface area (Å²) in [5, 5.41) is 11.1. The molecule has 5 nitrogen and oxygen atoms in total. The van der Waals surface area contributed by atoms with Gasteiger partial charge in [-0.05, 0) is 56.7 Å². The Morgan fingerprint density at radius 3 is 2.71 bits per heavy atom. The van der Waals surface area contributed by atoms with E-state index in [4.69, 9.17) is 10.8 Å². The van der Waals surface area contributed by atoms with Gasteiger partial charge in [0.25, 0.3) is 0 Å². The standard InChI is InChI=1S/C10H10BrIN2O3/c11-6-3-5(1-2-7(6)12)14-10(17)8(13)4-9(15)16/h1-3,8H,4,13H2,(H,14,17)(H,15,16). The number of aliphatic carboxylic acids is 1. The molecule has 0 saturated carbocycles. The number of hydrogen-bond acceptors (Lipinski definition) is 3. The van der Waals surface area contributed by atoms with Gasteiger partial charge in [0, 0.05) is 13.7 Å². The number of benzene rings is 1. The van der Waals surface area contributed by atoms with Crippen molar-refractivity contribution < 1.29 is 14.7 Å². The number of halogens is 2. The highest BCUT2D eigenvalue weighted by Crippen LogP contribution is 2.22. The van der Waals surface area contributed by atoms with Crippen LogP contribution in [0.2, 0.25) is 0 Å². The maximum atomic E-state index is 11.5. The van der Waals surface area contributed by atoms with E-state index in [9.17, 15) is 9.59 Å². The quantitative estimate of drug-likeness (QED) is 0.657. The Hall–Kier alpha value is -0.670. The molecule has 1 aromatic carbocycles. The van der Waals surface area contributed by atoms with Gasteiger partial charge >= 0.3 is 5.97 Å². The highest BCUT2D eigenvalue weighted by molar-refractivity contribution is 14.1. The van der Waals surface area contributed by atoms with E-state index < -0.39 is 24.3 Å². The average molecular weight is 413 g/mol. The Labute approximate surface area is 120 Å². The first-order chi connectivity index (χ1) is 7.90. The molecule has 92 valence electrons. The Morgan fingerprint density at radius 2 is 2.18 bits per heavy atom. The summed E-state index contributed by atoms with van der Waals surface area (Å²) in [6.45, 7) is 0. The van der Waals surface area contributed by atoms with Crippen molar-refractivity contribution in [3.63, 3.8) is 0 Å². The molecule has 0 aliphatic carbocycles. The van der Waals surface area contributed by atoms with E-state index in [1.54, 1.807) is 12.1 Å². The zero-order valence-electron chi connectivity index (χ0n) is 8.61. The van der Waals surface area contributed by atoms with Gasteiger partial charge in [-0.25, -0.2) is 0 Å². The molecular weight excluding hydrogens is 403 g/mol. The number of carbonyl (C=O) groups excluding carboxylic acids is 1. The van der Waals surface area contributed by atoms with Crippen LogP contribution < -0.4 is 11.1 Å². The third-order valence-corrected chi connectivity index (χ3v) is 4.26. The second kappa shape index (κ2) is 6.31. The zero-order chi connectivity index (χ0) is 13.0. The van der Waals surface area contributed by atoms with Crippen LogP contribution in [0.4, 0.5) is 5.69 Å². The molecular formula is C10H10BrIN2O3. The minimum atomic E-state index is -1.10. The van der Waals surface area contributed by atoms with Crippen LogP contribution >= 0.6 is 38.5 Å². The Kier molecular flexibility index (Phi) is 5.34. The monoisotopic (exact) mass is 412 g/mol. The van der Waals surface area contributed by atoms with Gasteiger partial charge < -0.3 is 16.2 Å². The zero-order valence-corrected chi connectivity index (χ0v) is 12.4. The first-order valence-electron chi connectivity index (χ1n) is 4.63. The second-order valence-electron chi connectivity index (χ2n) is 3.32. The molecule has 1 rings (SSSR count). The van der Waals surface area contributed by atoms with Crippen molar-refractivity contribution in [2.45, 2.75) is 12.5 Å². The van der Waals surface area contributed by atoms with Crippen molar-refractivity contribution >= 4 is 56.1 Å². The lowest BCUT2D eigenvalue weighted by Gasteiger charge is -2.10. The van der Waals surface area contributed by atoms with Gasteiger partial charge in [0.05, 0.1) is 12.5 Å². The van der Waals surface area contributed by atoms with E-state index >= 15 is 0 Å². The van der Waals surface area contributed by atoms with Gasteiger partial charge in [0.1, 0.15) is 0 Å². The number of carboxylic acids is 1. The number of anilines is 1. The molecule has 0 spiro atoms. The maximum absolute atomic E-state index is 11.5. The SMILES string of the molecule is NC(CC(=O)O)C(=O)Nc1ccc(I)c(Br)c1. The Balaban J connectivity index is 2.67. The summed E-state index contributed by atoms with van der Waals surface area (Å²) in [6.07, 6.45) is -0.391. The maximum Gasteiger partial charge on any atom is 0.305 e. The summed E-state index contributed by atoms with van der Waals surface area (Å²) in [4.78, 5) is 21.9. The second-order valence-corrected chi connectivity index (χ2v) is 5.34. The van der Waals surface area contributed by atoms with E-state index in [1.165, 1.54) is 0 Å². The number of amides is 1. The molecule has 0 saturated heterocycles. The first kappa shape index (κ1) is 14.4. The van der Waals surface area contributed by atoms with E-state index in [0.717, 1.165) is 8.04 Å². The number of carboxylic acid groups (broad SMARTS) is 1. The average Bonchev–Trinajstić information content (AvgIpc) is 2.22. The number of nitrogens with one attached hydrogen (secondary N) is 1. The number of nitrogens with two attached hydrogens (primary N) is 1. The van der Waals surface area contributed by atoms with Gasteiger partial charge in [-0.15, -0.1) is 0 Å². The van der Waals surface area contributed by atoms with Crippen LogP contribution in [0.25, 0.3) is 0 Å². The summed E-state index contributed by atoms with van der Waals surface area (Å²) in [6, 6.07) is 4.22. The van der Waals surface area contributed by atoms with Crippen molar-refractivity contribution in [2.75, 3.05) is 5.32 Å². The molecule has 7 heteroatoms. The number of carbonyl (C=O) groups is 2. The normalized spacial score (nSPS) is 11.9. The van der Waals surface area contributed by atoms with Crippen LogP contribution in [0.15, 0.2) is 22.7 Å². The smallest absolute Gasteiger partial charge is 0.305 e. The molecule has 1 amide bonds. The van der Waals surface area contributed by atoms with Gasteiger partial charge in [-0.3, -0.25) is 9.59 Å². The van der Waals surface area contributed by atoms with E-state index in [1.807, 2.05) is 6.07 Å². The fourth-order valence-electron chi connectivity index (χ4n) is 1.09. The third kappa shape index (κ3) is 4.60. The molecule has 0 aromatic heterocycles. The largest absolute Gasteiger partial charge is 0.481 e. The Morgan fingerprint density at radius 1 is 1.53 bits per heavy atom. The van der Waals surface area contributed by atoms with Crippen LogP contribution in [-0.4, -0.2) is 23.0 Å². The van der Waals surface area contributed by atoms with Gasteiger partial charge in [0.15, 0.2) is 0 Å². The van der Waals surface area contributed by atoms with Crippen molar-refractivity contribution in [2.24, 2.45) is 5.73 Å². The minimum Gasteiger partial charge on any atom is -0.481 e. The van der Waals surface area contributed by atoms with Gasteiger partial charge in [-0.2, -0.15) is 0 Å². The molecule has 1 unspecified atom stereocenters. The predicted molar refractivity (Wildman–Crippen MR) is 75.7 cm³/mol. The highest BCUT2D eigenvalue weighted by atomic mass is 127. The molecule has 0 radical (unpaired) electrons. The van der Waals surface area contributed by atoms with Crippen LogP contribution in [0.1, 0.15) is 6.42 Å². The van der Waals surface area contributed by atoms with Gasteiger partial charge in [0.2, 0.25) is 5.91 Å². The summed E-state index contributed by atoms with van der Waals surface area (Å²) in [5.41, 5.74) is 6.00. The molecule has 0 fully saturated rings. The number of rotatable bonds is 4. The lowest BCUT2D eigenvalue weighted by molar-refractivity contribution is -0.138. The molecule has 4 N–H and O–H groups in total. The fourth-order valence-corrected chi connectivity index (χ4v) is 1.80. The molecule has 1 aromatic rings. The van der Waals surface area contributed by atoms with Crippen LogP contribution in [0.3, 0.4) is 0 Å². The molecule has 0 bridgehead atoms. The molecule has 0 aliphatic rings. The van der Waals surface area contributed by atoms with Crippen LogP contribution in [0.5, 0.6) is 0 Å². The van der Waals surface area contributed by atoms with Gasteiger partial charge in [-0.1, -0.05) is 0 Å². The summed E-state index contributed by atoms with van der Waals surface area (Å²) in [5.74, 6) is -1.61. The van der Waals surface area contributed by atoms with E-state index in [-0.39, 0.29) is 0 Å². The molecule has 1 atom stereocenters. The fraction of sp³-hybridized carbons (Fsp3) is 0.200. The molecule has 0 heterocycles. The summed E-state index contributed by atoms with van der Waals surface area (Å²) < 4.78 is 1.86. The van der Waals surface area contributed by atoms with Crippen LogP contribution in [-0.2, 0) is 9.59 Å². The van der Waals surface area contributed by atoms with Crippen molar-refractivity contribution in [3.8, 4) is 0 Å². The van der Waals surface area contributed by atoms with E-state index in [2.05, 4.69) is 43.8 Å². The lowest BCUT2D eigenvalue weighted by Crippen LogP contribution is -2.37. The minimum absolute atomic E-state index is 0.391. The van der Waals surface area contributed by atoms with Crippen molar-refractivity contribution in [1.82, 2.24) is 0 Å². The molecule has 0 aliphatic heterocycles. The van der Waals surface area contributed by atoms with E-state index in [0.29, 0.717) is 5.69 Å². The first-order valence-corrected chi connectivity index (χ1v) is 6.50. The lowest BCUT2D eigenvalue weighted by atomic mass is 10.2. The van der Waals surface area contributed by atoms with Crippen LogP contribution in [0, 0.1) is 3.57 Å². The summed E-state index contributed by atoms with van der Waals surface area (Å²) >= 11 is 5.47. The molecule has 17 heavy (non-hydrogen) atoms. The summed E-state index contributed by atoms with van der Waals surface area (Å²) in [7, 11) is 0. The van der Waals surface area contributed by atoms with Crippen molar-refractivity contribution in [3.05, 3.63) is 26.2 Å². The topological polar surface area (TPSA) is 92.4 Å². The Bertz CT molecular complexity index is 453. The highest BCUT2D eigenvalue weighted by Gasteiger charge is 2.17. The predicted octanol–water partition coefficient (Wildman–Crippen LogP) is 1.79. The third-order valence-electron chi connectivity index (χ3n) is 1.92.